The van der Waals surface area contributed by atoms with Gasteiger partial charge in [-0.1, -0.05) is 18.2 Å². The highest BCUT2D eigenvalue weighted by molar-refractivity contribution is 5.95. The van der Waals surface area contributed by atoms with Gasteiger partial charge in [0.1, 0.15) is 11.6 Å². The van der Waals surface area contributed by atoms with Gasteiger partial charge in [-0.2, -0.15) is 0 Å². The molecule has 1 amide bonds. The van der Waals surface area contributed by atoms with Crippen molar-refractivity contribution in [1.29, 1.82) is 0 Å². The number of hydrogen-bond acceptors (Lipinski definition) is 4. The van der Waals surface area contributed by atoms with Gasteiger partial charge in [0.05, 0.1) is 12.5 Å². The van der Waals surface area contributed by atoms with E-state index >= 15 is 0 Å². The van der Waals surface area contributed by atoms with E-state index in [9.17, 15) is 19.1 Å². The number of carboxylic acid groups (broad SMARTS) is 1. The summed E-state index contributed by atoms with van der Waals surface area (Å²) in [6.45, 7) is 0.934. The molecule has 0 aliphatic rings. The van der Waals surface area contributed by atoms with Crippen LogP contribution in [0.2, 0.25) is 0 Å². The predicted octanol–water partition coefficient (Wildman–Crippen LogP) is 2.84. The van der Waals surface area contributed by atoms with Gasteiger partial charge in [0.25, 0.3) is 5.91 Å². The summed E-state index contributed by atoms with van der Waals surface area (Å²) >= 11 is 0. The zero-order chi connectivity index (χ0) is 19.6. The molecule has 6 nitrogen and oxygen atoms in total. The molecule has 1 atom stereocenters. The largest absolute Gasteiger partial charge is 0.493 e. The number of ether oxygens (including phenoxy) is 2. The molecule has 2 N–H and O–H groups in total. The number of carbonyl (C=O) groups is 2. The molecule has 0 fully saturated rings. The summed E-state index contributed by atoms with van der Waals surface area (Å²) in [5.74, 6) is -2.38. The number of rotatable bonds is 10. The number of carboxylic acids is 1. The number of halogens is 1. The Morgan fingerprint density at radius 2 is 1.89 bits per heavy atom. The molecular formula is C20H22FNO5. The lowest BCUT2D eigenvalue weighted by molar-refractivity contribution is -0.138. The third-order valence-corrected chi connectivity index (χ3v) is 3.89. The maximum absolute atomic E-state index is 13.0. The van der Waals surface area contributed by atoms with E-state index in [0.717, 1.165) is 6.42 Å². The molecule has 2 rings (SSSR count). The Labute approximate surface area is 156 Å². The number of amides is 1. The molecule has 1 unspecified atom stereocenters. The minimum atomic E-state index is -1.10. The van der Waals surface area contributed by atoms with Gasteiger partial charge < -0.3 is 19.9 Å². The lowest BCUT2D eigenvalue weighted by Crippen LogP contribution is -2.31. The second-order valence-corrected chi connectivity index (χ2v) is 5.88. The Morgan fingerprint density at radius 1 is 1.15 bits per heavy atom. The second kappa shape index (κ2) is 10.3. The highest BCUT2D eigenvalue weighted by Crippen LogP contribution is 2.17. The molecule has 0 aromatic heterocycles. The van der Waals surface area contributed by atoms with Crippen LogP contribution in [0.25, 0.3) is 0 Å². The number of hydrogen-bond donors (Lipinski definition) is 2. The fourth-order valence-electron chi connectivity index (χ4n) is 2.46. The minimum Gasteiger partial charge on any atom is -0.493 e. The van der Waals surface area contributed by atoms with Crippen molar-refractivity contribution < 1.29 is 28.6 Å². The Bertz CT molecular complexity index is 763. The number of methoxy groups -OCH3 is 1. The van der Waals surface area contributed by atoms with Crippen LogP contribution in [0.3, 0.4) is 0 Å². The molecule has 0 spiro atoms. The average molecular weight is 375 g/mol. The Balaban J connectivity index is 1.97. The van der Waals surface area contributed by atoms with Crippen LogP contribution in [-0.4, -0.2) is 43.9 Å². The van der Waals surface area contributed by atoms with E-state index < -0.39 is 23.6 Å². The molecule has 2 aromatic carbocycles. The number of nitrogens with one attached hydrogen (secondary N) is 1. The molecular weight excluding hydrogens is 353 g/mol. The van der Waals surface area contributed by atoms with Crippen molar-refractivity contribution in [3.63, 3.8) is 0 Å². The topological polar surface area (TPSA) is 84.9 Å². The van der Waals surface area contributed by atoms with Crippen LogP contribution in [0.15, 0.2) is 48.5 Å². The van der Waals surface area contributed by atoms with Gasteiger partial charge in [-0.25, -0.2) is 4.39 Å². The summed E-state index contributed by atoms with van der Waals surface area (Å²) in [5.41, 5.74) is 0.780. The van der Waals surface area contributed by atoms with Gasteiger partial charge in [0, 0.05) is 32.2 Å². The third kappa shape index (κ3) is 6.38. The summed E-state index contributed by atoms with van der Waals surface area (Å²) in [5, 5.41) is 12.0. The monoisotopic (exact) mass is 375 g/mol. The lowest BCUT2D eigenvalue weighted by Gasteiger charge is -2.14. The van der Waals surface area contributed by atoms with Crippen LogP contribution in [0, 0.1) is 5.82 Å². The Hall–Kier alpha value is -2.93. The summed E-state index contributed by atoms with van der Waals surface area (Å²) in [6, 6.07) is 11.8. The fraction of sp³-hybridized carbons (Fsp3) is 0.300. The first kappa shape index (κ1) is 20.4. The molecule has 0 radical (unpaired) electrons. The predicted molar refractivity (Wildman–Crippen MR) is 97.5 cm³/mol. The first-order valence-electron chi connectivity index (χ1n) is 8.49. The van der Waals surface area contributed by atoms with Crippen molar-refractivity contribution in [3.05, 3.63) is 65.5 Å². The minimum absolute atomic E-state index is 0.112. The maximum Gasteiger partial charge on any atom is 0.312 e. The van der Waals surface area contributed by atoms with Crippen molar-refractivity contribution >= 4 is 11.9 Å². The summed E-state index contributed by atoms with van der Waals surface area (Å²) < 4.78 is 23.5. The highest BCUT2D eigenvalue weighted by Gasteiger charge is 2.21. The van der Waals surface area contributed by atoms with Crippen molar-refractivity contribution in [2.75, 3.05) is 26.9 Å². The Morgan fingerprint density at radius 3 is 2.56 bits per heavy atom. The second-order valence-electron chi connectivity index (χ2n) is 5.88. The SMILES string of the molecule is COCCCOc1cccc(C(=O)NCC(C(=O)O)c2ccc(F)cc2)c1. The zero-order valence-corrected chi connectivity index (χ0v) is 15.0. The zero-order valence-electron chi connectivity index (χ0n) is 15.0. The van der Waals surface area contributed by atoms with Gasteiger partial charge in [0.15, 0.2) is 0 Å². The molecule has 0 saturated carbocycles. The molecule has 0 saturated heterocycles. The van der Waals surface area contributed by atoms with E-state index in [1.807, 2.05) is 0 Å². The van der Waals surface area contributed by atoms with Gasteiger partial charge in [-0.15, -0.1) is 0 Å². The average Bonchev–Trinajstić information content (AvgIpc) is 2.66. The van der Waals surface area contributed by atoms with E-state index in [-0.39, 0.29) is 6.54 Å². The lowest BCUT2D eigenvalue weighted by atomic mass is 9.99. The van der Waals surface area contributed by atoms with Crippen LogP contribution >= 0.6 is 0 Å². The van der Waals surface area contributed by atoms with Gasteiger partial charge in [0.2, 0.25) is 0 Å². The van der Waals surface area contributed by atoms with Crippen LogP contribution in [0.1, 0.15) is 28.3 Å². The maximum atomic E-state index is 13.0. The molecule has 0 bridgehead atoms. The van der Waals surface area contributed by atoms with Crippen molar-refractivity contribution in [2.45, 2.75) is 12.3 Å². The van der Waals surface area contributed by atoms with E-state index in [1.165, 1.54) is 24.3 Å². The van der Waals surface area contributed by atoms with E-state index in [2.05, 4.69) is 5.32 Å². The molecule has 0 aliphatic carbocycles. The van der Waals surface area contributed by atoms with Gasteiger partial charge in [-0.3, -0.25) is 9.59 Å². The Kier molecular flexibility index (Phi) is 7.76. The molecule has 144 valence electrons. The van der Waals surface area contributed by atoms with Gasteiger partial charge >= 0.3 is 5.97 Å². The normalized spacial score (nSPS) is 11.6. The molecule has 7 heteroatoms. The number of aliphatic carboxylic acids is 1. The summed E-state index contributed by atoms with van der Waals surface area (Å²) in [4.78, 5) is 23.8. The van der Waals surface area contributed by atoms with Crippen LogP contribution in [0.4, 0.5) is 4.39 Å². The molecule has 0 heterocycles. The van der Waals surface area contributed by atoms with Gasteiger partial charge in [-0.05, 0) is 35.9 Å². The van der Waals surface area contributed by atoms with E-state index in [0.29, 0.717) is 30.1 Å². The third-order valence-electron chi connectivity index (χ3n) is 3.89. The highest BCUT2D eigenvalue weighted by atomic mass is 19.1. The quantitative estimate of drug-likeness (QED) is 0.624. The number of benzene rings is 2. The van der Waals surface area contributed by atoms with Crippen LogP contribution in [0.5, 0.6) is 5.75 Å². The first-order valence-corrected chi connectivity index (χ1v) is 8.49. The van der Waals surface area contributed by atoms with Crippen molar-refractivity contribution in [2.24, 2.45) is 0 Å². The molecule has 27 heavy (non-hydrogen) atoms. The standard InChI is InChI=1S/C20H22FNO5/c1-26-10-3-11-27-17-5-2-4-15(12-17)19(23)22-13-18(20(24)25)14-6-8-16(21)9-7-14/h2,4-9,12,18H,3,10-11,13H2,1H3,(H,22,23)(H,24,25). The van der Waals surface area contributed by atoms with Crippen molar-refractivity contribution in [3.8, 4) is 5.75 Å². The number of carbonyl (C=O) groups excluding carboxylic acids is 1. The van der Waals surface area contributed by atoms with Crippen molar-refractivity contribution in [1.82, 2.24) is 5.32 Å². The molecule has 2 aromatic rings. The first-order chi connectivity index (χ1) is 13.0. The summed E-state index contributed by atoms with van der Waals surface area (Å²) in [6.07, 6.45) is 0.727. The summed E-state index contributed by atoms with van der Waals surface area (Å²) in [7, 11) is 1.61. The van der Waals surface area contributed by atoms with Crippen LogP contribution < -0.4 is 10.1 Å². The molecule has 0 aliphatic heterocycles. The van der Waals surface area contributed by atoms with Crippen LogP contribution in [-0.2, 0) is 9.53 Å². The van der Waals surface area contributed by atoms with E-state index in [1.54, 1.807) is 31.4 Å². The van der Waals surface area contributed by atoms with E-state index in [4.69, 9.17) is 9.47 Å². The fourth-order valence-corrected chi connectivity index (χ4v) is 2.46. The smallest absolute Gasteiger partial charge is 0.312 e.